The van der Waals surface area contributed by atoms with E-state index in [2.05, 4.69) is 52.8 Å². The lowest BCUT2D eigenvalue weighted by atomic mass is 10.1. The molecule has 0 atom stereocenters. The first-order chi connectivity index (χ1) is 8.97. The summed E-state index contributed by atoms with van der Waals surface area (Å²) in [6, 6.07) is 6.82. The summed E-state index contributed by atoms with van der Waals surface area (Å²) in [6.45, 7) is 0. The lowest BCUT2D eigenvalue weighted by Gasteiger charge is -2.06. The van der Waals surface area contributed by atoms with Crippen LogP contribution in [0.2, 0.25) is 0 Å². The first-order valence-corrected chi connectivity index (χ1v) is 7.68. The molecule has 6 heteroatoms. The average molecular weight is 448 g/mol. The molecule has 3 nitrogen and oxygen atoms in total. The zero-order valence-electron chi connectivity index (χ0n) is 9.30. The minimum atomic E-state index is -0.117. The van der Waals surface area contributed by atoms with Crippen LogP contribution in [0.4, 0.5) is 0 Å². The number of pyridine rings is 1. The van der Waals surface area contributed by atoms with Gasteiger partial charge in [0.15, 0.2) is 5.43 Å². The largest absolute Gasteiger partial charge is 0.506 e. The van der Waals surface area contributed by atoms with E-state index in [1.54, 1.807) is 18.2 Å². The Kier molecular flexibility index (Phi) is 3.19. The first-order valence-electron chi connectivity index (χ1n) is 5.30. The standard InChI is InChI=1S/C13H6Br3NO2/c14-5-1-7-12(11(18)2-5)17-10-4-9(16)8(15)3-6(10)13(7)19/h1-4,18H,(H,17,19). The molecule has 3 rings (SSSR count). The number of halogens is 3. The molecule has 1 heterocycles. The van der Waals surface area contributed by atoms with Crippen LogP contribution in [-0.4, -0.2) is 10.1 Å². The Morgan fingerprint density at radius 2 is 1.63 bits per heavy atom. The molecule has 1 aromatic heterocycles. The summed E-state index contributed by atoms with van der Waals surface area (Å²) in [7, 11) is 0. The Hall–Kier alpha value is -0.850. The van der Waals surface area contributed by atoms with Crippen LogP contribution >= 0.6 is 47.8 Å². The fraction of sp³-hybridized carbons (Fsp3) is 0. The fourth-order valence-electron chi connectivity index (χ4n) is 2.02. The number of rotatable bonds is 0. The summed E-state index contributed by atoms with van der Waals surface area (Å²) in [5, 5.41) is 11.0. The highest BCUT2D eigenvalue weighted by Crippen LogP contribution is 2.31. The first kappa shape index (κ1) is 13.1. The van der Waals surface area contributed by atoms with Gasteiger partial charge in [0.2, 0.25) is 0 Å². The van der Waals surface area contributed by atoms with Gasteiger partial charge in [0.1, 0.15) is 5.75 Å². The summed E-state index contributed by atoms with van der Waals surface area (Å²) in [4.78, 5) is 15.6. The lowest BCUT2D eigenvalue weighted by molar-refractivity contribution is 0.480. The van der Waals surface area contributed by atoms with Crippen LogP contribution in [0.3, 0.4) is 0 Å². The summed E-state index contributed by atoms with van der Waals surface area (Å²) >= 11 is 10.1. The van der Waals surface area contributed by atoms with E-state index in [9.17, 15) is 9.90 Å². The van der Waals surface area contributed by atoms with Crippen LogP contribution in [0.1, 0.15) is 0 Å². The molecule has 0 saturated heterocycles. The fourth-order valence-corrected chi connectivity index (χ4v) is 3.15. The molecule has 96 valence electrons. The van der Waals surface area contributed by atoms with Crippen molar-refractivity contribution in [2.45, 2.75) is 0 Å². The van der Waals surface area contributed by atoms with Crippen molar-refractivity contribution >= 4 is 69.6 Å². The van der Waals surface area contributed by atoms with Gasteiger partial charge in [-0.3, -0.25) is 4.79 Å². The Bertz CT molecular complexity index is 887. The molecule has 0 amide bonds. The highest BCUT2D eigenvalue weighted by atomic mass is 79.9. The molecule has 0 bridgehead atoms. The van der Waals surface area contributed by atoms with E-state index in [1.165, 1.54) is 0 Å². The number of H-pyrrole nitrogens is 1. The zero-order chi connectivity index (χ0) is 13.7. The van der Waals surface area contributed by atoms with Crippen LogP contribution < -0.4 is 5.43 Å². The van der Waals surface area contributed by atoms with Crippen molar-refractivity contribution in [2.24, 2.45) is 0 Å². The summed E-state index contributed by atoms with van der Waals surface area (Å²) in [5.41, 5.74) is 0.994. The van der Waals surface area contributed by atoms with Gasteiger partial charge < -0.3 is 10.1 Å². The monoisotopic (exact) mass is 445 g/mol. The molecule has 2 N–H and O–H groups in total. The smallest absolute Gasteiger partial charge is 0.197 e. The quantitative estimate of drug-likeness (QED) is 0.492. The number of aromatic hydroxyl groups is 1. The molecule has 0 aliphatic carbocycles. The second-order valence-corrected chi connectivity index (χ2v) is 6.74. The molecule has 19 heavy (non-hydrogen) atoms. The van der Waals surface area contributed by atoms with E-state index in [4.69, 9.17) is 0 Å². The van der Waals surface area contributed by atoms with Gasteiger partial charge in [-0.2, -0.15) is 0 Å². The lowest BCUT2D eigenvalue weighted by Crippen LogP contribution is -2.04. The maximum atomic E-state index is 12.5. The van der Waals surface area contributed by atoms with Gasteiger partial charge in [0.25, 0.3) is 0 Å². The summed E-state index contributed by atoms with van der Waals surface area (Å²) in [6.07, 6.45) is 0. The highest BCUT2D eigenvalue weighted by molar-refractivity contribution is 9.13. The topological polar surface area (TPSA) is 53.1 Å². The minimum absolute atomic E-state index is 0.0439. The van der Waals surface area contributed by atoms with Gasteiger partial charge in [-0.05, 0) is 56.1 Å². The number of nitrogens with one attached hydrogen (secondary N) is 1. The number of hydrogen-bond donors (Lipinski definition) is 2. The number of phenols is 1. The van der Waals surface area contributed by atoms with E-state index in [-0.39, 0.29) is 11.2 Å². The predicted molar refractivity (Wildman–Crippen MR) is 86.8 cm³/mol. The third-order valence-electron chi connectivity index (χ3n) is 2.89. The van der Waals surface area contributed by atoms with Crippen LogP contribution in [-0.2, 0) is 0 Å². The van der Waals surface area contributed by atoms with Crippen molar-refractivity contribution in [3.05, 3.63) is 47.9 Å². The number of phenolic OH excluding ortho intramolecular Hbond substituents is 1. The zero-order valence-corrected chi connectivity index (χ0v) is 14.1. The molecule has 0 spiro atoms. The maximum Gasteiger partial charge on any atom is 0.197 e. The molecule has 0 unspecified atom stereocenters. The number of benzene rings is 2. The summed E-state index contributed by atoms with van der Waals surface area (Å²) in [5.74, 6) is 0.0439. The van der Waals surface area contributed by atoms with E-state index >= 15 is 0 Å². The molecule has 3 aromatic rings. The van der Waals surface area contributed by atoms with E-state index in [0.29, 0.717) is 26.3 Å². The van der Waals surface area contributed by atoms with Gasteiger partial charge in [-0.25, -0.2) is 0 Å². The Morgan fingerprint density at radius 3 is 2.37 bits per heavy atom. The predicted octanol–water partition coefficient (Wildman–Crippen LogP) is 4.67. The molecular formula is C13H6Br3NO2. The second-order valence-electron chi connectivity index (χ2n) is 4.11. The molecule has 0 radical (unpaired) electrons. The number of aromatic nitrogens is 1. The molecule has 0 aliphatic heterocycles. The van der Waals surface area contributed by atoms with Gasteiger partial charge in [-0.1, -0.05) is 15.9 Å². The minimum Gasteiger partial charge on any atom is -0.506 e. The van der Waals surface area contributed by atoms with E-state index < -0.39 is 0 Å². The third-order valence-corrected chi connectivity index (χ3v) is 5.19. The van der Waals surface area contributed by atoms with Crippen LogP contribution in [0, 0.1) is 0 Å². The van der Waals surface area contributed by atoms with Gasteiger partial charge in [0, 0.05) is 18.8 Å². The number of fused-ring (bicyclic) bond motifs is 2. The molecule has 0 fully saturated rings. The number of hydrogen-bond acceptors (Lipinski definition) is 2. The van der Waals surface area contributed by atoms with Crippen LogP contribution in [0.25, 0.3) is 21.8 Å². The van der Waals surface area contributed by atoms with Gasteiger partial charge >= 0.3 is 0 Å². The maximum absolute atomic E-state index is 12.5. The van der Waals surface area contributed by atoms with Gasteiger partial charge in [-0.15, -0.1) is 0 Å². The van der Waals surface area contributed by atoms with Gasteiger partial charge in [0.05, 0.1) is 16.4 Å². The van der Waals surface area contributed by atoms with Crippen molar-refractivity contribution in [3.8, 4) is 5.75 Å². The van der Waals surface area contributed by atoms with Crippen LogP contribution in [0.5, 0.6) is 5.75 Å². The normalized spacial score (nSPS) is 11.3. The van der Waals surface area contributed by atoms with Crippen molar-refractivity contribution in [3.63, 3.8) is 0 Å². The van der Waals surface area contributed by atoms with Crippen molar-refractivity contribution in [2.75, 3.05) is 0 Å². The molecule has 2 aromatic carbocycles. The Morgan fingerprint density at radius 1 is 0.947 bits per heavy atom. The second kappa shape index (κ2) is 4.61. The third kappa shape index (κ3) is 2.11. The van der Waals surface area contributed by atoms with Crippen molar-refractivity contribution in [1.82, 2.24) is 4.98 Å². The highest BCUT2D eigenvalue weighted by Gasteiger charge is 2.11. The van der Waals surface area contributed by atoms with E-state index in [0.717, 1.165) is 8.95 Å². The molecular weight excluding hydrogens is 442 g/mol. The van der Waals surface area contributed by atoms with E-state index in [1.807, 2.05) is 6.07 Å². The SMILES string of the molecule is O=c1c2cc(Br)c(Br)cc2[nH]c2c(O)cc(Br)cc12. The Labute approximate surface area is 133 Å². The summed E-state index contributed by atoms with van der Waals surface area (Å²) < 4.78 is 2.31. The van der Waals surface area contributed by atoms with Crippen LogP contribution in [0.15, 0.2) is 42.5 Å². The van der Waals surface area contributed by atoms with Crippen molar-refractivity contribution in [1.29, 1.82) is 0 Å². The molecule has 0 aliphatic rings. The molecule has 0 saturated carbocycles. The Balaban J connectivity index is 2.60. The number of aromatic amines is 1. The van der Waals surface area contributed by atoms with Crippen molar-refractivity contribution < 1.29 is 5.11 Å². The average Bonchev–Trinajstić information content (AvgIpc) is 2.34.